The number of hydrogen-bond acceptors (Lipinski definition) is 15. The van der Waals surface area contributed by atoms with Crippen LogP contribution in [0.5, 0.6) is 11.8 Å². The van der Waals surface area contributed by atoms with Crippen molar-refractivity contribution in [3.63, 3.8) is 0 Å². The van der Waals surface area contributed by atoms with E-state index >= 15 is 0 Å². The number of anilines is 1. The fraction of sp³-hybridized carbons (Fsp3) is 0.432. The SMILES string of the molecule is CON(C)C(=O)C1=CN(CCCS(=O)[O-])C2N=C(C=CC=CC=CC=C3N(CCCS(=O)(=O)O)c4ccc(S(=O)(=O)O)cc4C3(C)CCCCCC(=O)On3c(O)ccc3O)C(C)(C)C2=C1. The zero-order valence-corrected chi connectivity index (χ0v) is 39.7. The van der Waals surface area contributed by atoms with Crippen molar-refractivity contribution in [1.29, 1.82) is 0 Å². The normalized spacial score (nSPS) is 20.5. The second-order valence-electron chi connectivity index (χ2n) is 16.6. The number of carbonyl (C=O) groups excluding carboxylic acids is 2. The molecule has 4 heterocycles. The maximum Gasteiger partial charge on any atom is 0.333 e. The first-order chi connectivity index (χ1) is 31.0. The van der Waals surface area contributed by atoms with Gasteiger partial charge in [0.15, 0.2) is 0 Å². The number of likely N-dealkylation sites (N-methyl/N-ethyl adjacent to an activating group) is 1. The minimum Gasteiger partial charge on any atom is -0.772 e. The largest absolute Gasteiger partial charge is 0.772 e. The molecule has 0 spiro atoms. The maximum atomic E-state index is 13.1. The molecular weight excluding hydrogens is 919 g/mol. The van der Waals surface area contributed by atoms with Crippen LogP contribution in [0.15, 0.2) is 112 Å². The second kappa shape index (κ2) is 21.5. The van der Waals surface area contributed by atoms with E-state index in [0.29, 0.717) is 65.9 Å². The molecule has 0 saturated heterocycles. The molecule has 0 saturated carbocycles. The molecule has 3 atom stereocenters. The van der Waals surface area contributed by atoms with Gasteiger partial charge < -0.3 is 29.4 Å². The van der Waals surface area contributed by atoms with Gasteiger partial charge >= 0.3 is 5.97 Å². The number of aromatic nitrogens is 1. The van der Waals surface area contributed by atoms with Crippen molar-refractivity contribution in [2.45, 2.75) is 82.2 Å². The number of allylic oxidation sites excluding steroid dienone is 8. The molecule has 19 nitrogen and oxygen atoms in total. The number of rotatable bonds is 22. The average Bonchev–Trinajstić information content (AvgIpc) is 3.78. The van der Waals surface area contributed by atoms with E-state index in [4.69, 9.17) is 14.7 Å². The van der Waals surface area contributed by atoms with Gasteiger partial charge in [0.05, 0.1) is 23.3 Å². The third-order valence-electron chi connectivity index (χ3n) is 11.7. The van der Waals surface area contributed by atoms with Crippen LogP contribution in [0.25, 0.3) is 0 Å². The van der Waals surface area contributed by atoms with Gasteiger partial charge in [-0.2, -0.15) is 16.8 Å². The lowest BCUT2D eigenvalue weighted by Gasteiger charge is -2.35. The second-order valence-corrected chi connectivity index (χ2v) is 20.6. The number of nitrogens with zero attached hydrogens (tertiary/aromatic N) is 5. The van der Waals surface area contributed by atoms with Gasteiger partial charge in [-0.05, 0) is 80.2 Å². The summed E-state index contributed by atoms with van der Waals surface area (Å²) in [5.74, 6) is -2.52. The summed E-state index contributed by atoms with van der Waals surface area (Å²) < 4.78 is 90.7. The highest BCUT2D eigenvalue weighted by Crippen LogP contribution is 2.51. The Hall–Kier alpha value is -5.36. The van der Waals surface area contributed by atoms with Crippen molar-refractivity contribution in [2.24, 2.45) is 10.4 Å². The highest BCUT2D eigenvalue weighted by molar-refractivity contribution is 7.86. The van der Waals surface area contributed by atoms with Gasteiger partial charge in [0.2, 0.25) is 11.8 Å². The van der Waals surface area contributed by atoms with E-state index in [0.717, 1.165) is 16.3 Å². The Balaban J connectivity index is 1.37. The Kier molecular flexibility index (Phi) is 16.8. The number of hydroxylamine groups is 2. The summed E-state index contributed by atoms with van der Waals surface area (Å²) in [5, 5.41) is 20.7. The number of unbranched alkanes of at least 4 members (excludes halogenated alkanes) is 2. The highest BCUT2D eigenvalue weighted by atomic mass is 32.2. The number of aromatic hydroxyl groups is 2. The van der Waals surface area contributed by atoms with Crippen LogP contribution >= 0.6 is 0 Å². The van der Waals surface area contributed by atoms with Crippen molar-refractivity contribution in [3.8, 4) is 11.8 Å². The van der Waals surface area contributed by atoms with Gasteiger partial charge in [-0.3, -0.25) is 27.9 Å². The molecule has 0 radical (unpaired) electrons. The quantitative estimate of drug-likeness (QED) is 0.0403. The first-order valence-electron chi connectivity index (χ1n) is 21.0. The first-order valence-corrected chi connectivity index (χ1v) is 25.3. The number of fused-ring (bicyclic) bond motifs is 2. The topological polar surface area (TPSA) is 269 Å². The van der Waals surface area contributed by atoms with Gasteiger partial charge in [0.1, 0.15) is 6.17 Å². The lowest BCUT2D eigenvalue weighted by Crippen LogP contribution is -2.38. The molecule has 1 amide bonds. The molecule has 5 rings (SSSR count). The van der Waals surface area contributed by atoms with Crippen LogP contribution in [-0.2, 0) is 51.2 Å². The number of benzene rings is 1. The molecule has 1 aromatic heterocycles. The molecule has 0 fully saturated rings. The third kappa shape index (κ3) is 12.5. The molecule has 360 valence electrons. The van der Waals surface area contributed by atoms with Crippen LogP contribution in [0, 0.1) is 5.41 Å². The standard InChI is InChI=1S/C44H57N5O14S3/c1-43(2)34-28-31(42(53)46(4)62-5)30-47(24-14-26-64(54)55)41(34)45-36(43)16-10-7-6-8-11-17-37-44(3,23-13-9-12-18-40(52)63-49-38(50)21-22-39(49)51)33-29-32(66(59,60)61)19-20-35(33)48(37)25-15-27-65(56,57)58/h6-8,10-11,16-17,19-22,28-30,41,50-51H,9,12-15,18,23-27H2,1-5H3,(H,54,55)(H,56,57,58)(H,59,60,61)/p-1. The van der Waals surface area contributed by atoms with Crippen LogP contribution in [-0.4, -0.2) is 122 Å². The van der Waals surface area contributed by atoms with Gasteiger partial charge in [-0.15, -0.1) is 4.73 Å². The molecule has 3 aliphatic heterocycles. The lowest BCUT2D eigenvalue weighted by molar-refractivity contribution is -0.163. The molecule has 3 aliphatic rings. The van der Waals surface area contributed by atoms with Crippen molar-refractivity contribution >= 4 is 54.6 Å². The zero-order valence-electron chi connectivity index (χ0n) is 37.3. The molecular formula is C44H56N5O14S3-. The van der Waals surface area contributed by atoms with Gasteiger partial charge in [0.25, 0.3) is 26.1 Å². The van der Waals surface area contributed by atoms with E-state index in [1.807, 2.05) is 48.8 Å². The predicted octanol–water partition coefficient (Wildman–Crippen LogP) is 4.88. The van der Waals surface area contributed by atoms with Crippen molar-refractivity contribution in [3.05, 3.63) is 108 Å². The Morgan fingerprint density at radius 2 is 1.62 bits per heavy atom. The molecule has 4 N–H and O–H groups in total. The summed E-state index contributed by atoms with van der Waals surface area (Å²) in [5.41, 5.74) is 2.31. The number of carbonyl (C=O) groups is 2. The van der Waals surface area contributed by atoms with E-state index < -0.39 is 71.8 Å². The lowest BCUT2D eigenvalue weighted by atomic mass is 9.77. The maximum absolute atomic E-state index is 13.1. The molecule has 66 heavy (non-hydrogen) atoms. The fourth-order valence-corrected chi connectivity index (χ4v) is 9.50. The smallest absolute Gasteiger partial charge is 0.333 e. The van der Waals surface area contributed by atoms with Crippen LogP contribution < -0.4 is 9.74 Å². The number of aliphatic imine (C=N–C) groups is 1. The van der Waals surface area contributed by atoms with Crippen molar-refractivity contribution in [2.75, 3.05) is 43.7 Å². The summed E-state index contributed by atoms with van der Waals surface area (Å²) in [4.78, 5) is 44.1. The molecule has 3 unspecified atom stereocenters. The summed E-state index contributed by atoms with van der Waals surface area (Å²) in [6, 6.07) is 6.53. The van der Waals surface area contributed by atoms with E-state index in [1.54, 1.807) is 42.6 Å². The van der Waals surface area contributed by atoms with Crippen LogP contribution in [0.3, 0.4) is 0 Å². The number of hydrogen-bond donors (Lipinski definition) is 4. The van der Waals surface area contributed by atoms with Gasteiger partial charge in [0, 0.05) is 78.6 Å². The monoisotopic (exact) mass is 974 g/mol. The van der Waals surface area contributed by atoms with Crippen molar-refractivity contribution in [1.82, 2.24) is 14.7 Å². The molecule has 1 aromatic carbocycles. The molecule has 0 bridgehead atoms. The van der Waals surface area contributed by atoms with Crippen LogP contribution in [0.1, 0.15) is 71.3 Å². The summed E-state index contributed by atoms with van der Waals surface area (Å²) >= 11 is -2.22. The van der Waals surface area contributed by atoms with E-state index in [2.05, 4.69) is 0 Å². The minimum absolute atomic E-state index is 0.0312. The number of amides is 1. The zero-order chi connectivity index (χ0) is 48.6. The Morgan fingerprint density at radius 1 is 0.939 bits per heavy atom. The molecule has 22 heteroatoms. The average molecular weight is 975 g/mol. The van der Waals surface area contributed by atoms with Crippen molar-refractivity contribution < 1.29 is 64.2 Å². The Bertz CT molecular complexity index is 2610. The first kappa shape index (κ1) is 51.6. The predicted molar refractivity (Wildman–Crippen MR) is 246 cm³/mol. The Labute approximate surface area is 387 Å². The van der Waals surface area contributed by atoms with E-state index in [-0.39, 0.29) is 35.9 Å². The van der Waals surface area contributed by atoms with Crippen LogP contribution in [0.4, 0.5) is 5.69 Å². The minimum atomic E-state index is -4.61. The molecule has 2 aromatic rings. The third-order valence-corrected chi connectivity index (χ3v) is 13.9. The summed E-state index contributed by atoms with van der Waals surface area (Å²) in [6.07, 6.45) is 17.8. The van der Waals surface area contributed by atoms with Gasteiger partial charge in [-0.1, -0.05) is 68.1 Å². The molecule has 0 aliphatic carbocycles. The summed E-state index contributed by atoms with van der Waals surface area (Å²) in [6.45, 7) is 6.36. The summed E-state index contributed by atoms with van der Waals surface area (Å²) in [7, 11) is -6.02. The van der Waals surface area contributed by atoms with E-state index in [9.17, 15) is 54.5 Å². The van der Waals surface area contributed by atoms with E-state index in [1.165, 1.54) is 38.4 Å². The van der Waals surface area contributed by atoms with Crippen LogP contribution in [0.2, 0.25) is 0 Å². The fourth-order valence-electron chi connectivity index (χ4n) is 8.13. The Morgan fingerprint density at radius 3 is 2.27 bits per heavy atom. The highest BCUT2D eigenvalue weighted by Gasteiger charge is 2.45. The van der Waals surface area contributed by atoms with Gasteiger partial charge in [-0.25, -0.2) is 9.86 Å².